The second-order valence-electron chi connectivity index (χ2n) is 5.30. The van der Waals surface area contributed by atoms with Gasteiger partial charge >= 0.3 is 0 Å². The number of anilines is 1. The lowest BCUT2D eigenvalue weighted by Gasteiger charge is -2.32. The standard InChI is InChI=1S/C14H19F2N3O2/c1-2-5-18-6-3-10(4-7-18)17-14-12(15)8-11(19(20)21)9-13(14)16/h8-10,17H,2-7H2,1H3. The van der Waals surface area contributed by atoms with Crippen LogP contribution in [0.1, 0.15) is 26.2 Å². The number of halogens is 2. The highest BCUT2D eigenvalue weighted by Crippen LogP contribution is 2.27. The van der Waals surface area contributed by atoms with Crippen molar-refractivity contribution in [3.8, 4) is 0 Å². The summed E-state index contributed by atoms with van der Waals surface area (Å²) >= 11 is 0. The normalized spacial score (nSPS) is 16.9. The van der Waals surface area contributed by atoms with Crippen molar-refractivity contribution >= 4 is 11.4 Å². The van der Waals surface area contributed by atoms with Crippen LogP contribution >= 0.6 is 0 Å². The molecule has 7 heteroatoms. The lowest BCUT2D eigenvalue weighted by molar-refractivity contribution is -0.385. The zero-order valence-electron chi connectivity index (χ0n) is 11.9. The Bertz CT molecular complexity index is 494. The van der Waals surface area contributed by atoms with Gasteiger partial charge in [-0.05, 0) is 25.8 Å². The zero-order chi connectivity index (χ0) is 15.4. The molecule has 0 saturated carbocycles. The van der Waals surface area contributed by atoms with E-state index in [9.17, 15) is 18.9 Å². The van der Waals surface area contributed by atoms with Crippen LogP contribution in [0.4, 0.5) is 20.2 Å². The average Bonchev–Trinajstić information content (AvgIpc) is 2.44. The molecule has 1 aromatic rings. The SMILES string of the molecule is CCCN1CCC(Nc2c(F)cc([N+](=O)[O-])cc2F)CC1. The summed E-state index contributed by atoms with van der Waals surface area (Å²) < 4.78 is 27.6. The van der Waals surface area contributed by atoms with E-state index in [2.05, 4.69) is 17.1 Å². The van der Waals surface area contributed by atoms with Crippen molar-refractivity contribution in [1.82, 2.24) is 4.90 Å². The number of nitro benzene ring substituents is 1. The van der Waals surface area contributed by atoms with Crippen LogP contribution in [0.5, 0.6) is 0 Å². The number of non-ortho nitro benzene ring substituents is 1. The van der Waals surface area contributed by atoms with Crippen LogP contribution in [0.25, 0.3) is 0 Å². The third-order valence-electron chi connectivity index (χ3n) is 3.71. The van der Waals surface area contributed by atoms with Gasteiger partial charge in [-0.3, -0.25) is 10.1 Å². The van der Waals surface area contributed by atoms with E-state index in [-0.39, 0.29) is 11.7 Å². The topological polar surface area (TPSA) is 58.4 Å². The highest BCUT2D eigenvalue weighted by Gasteiger charge is 2.22. The first kappa shape index (κ1) is 15.6. The molecular weight excluding hydrogens is 280 g/mol. The molecule has 116 valence electrons. The second kappa shape index (κ2) is 6.80. The molecule has 0 spiro atoms. The predicted molar refractivity (Wildman–Crippen MR) is 76.4 cm³/mol. The fourth-order valence-electron chi connectivity index (χ4n) is 2.62. The van der Waals surface area contributed by atoms with Crippen LogP contribution in [0.3, 0.4) is 0 Å². The smallest absolute Gasteiger partial charge is 0.275 e. The molecular formula is C14H19F2N3O2. The molecule has 0 aliphatic carbocycles. The van der Waals surface area contributed by atoms with E-state index < -0.39 is 22.2 Å². The molecule has 1 heterocycles. The van der Waals surface area contributed by atoms with Crippen molar-refractivity contribution in [3.05, 3.63) is 33.9 Å². The van der Waals surface area contributed by atoms with Gasteiger partial charge in [0.25, 0.3) is 5.69 Å². The Balaban J connectivity index is 2.02. The number of piperidine rings is 1. The quantitative estimate of drug-likeness (QED) is 0.670. The maximum Gasteiger partial charge on any atom is 0.275 e. The minimum Gasteiger partial charge on any atom is -0.377 e. The monoisotopic (exact) mass is 299 g/mol. The van der Waals surface area contributed by atoms with E-state index in [1.54, 1.807) is 0 Å². The molecule has 21 heavy (non-hydrogen) atoms. The number of hydrogen-bond donors (Lipinski definition) is 1. The summed E-state index contributed by atoms with van der Waals surface area (Å²) in [6.07, 6.45) is 2.69. The fourth-order valence-corrected chi connectivity index (χ4v) is 2.62. The Morgan fingerprint density at radius 2 is 1.90 bits per heavy atom. The first-order valence-electron chi connectivity index (χ1n) is 7.13. The Hall–Kier alpha value is -1.76. The highest BCUT2D eigenvalue weighted by molar-refractivity contribution is 5.52. The third kappa shape index (κ3) is 3.87. The van der Waals surface area contributed by atoms with Crippen LogP contribution in [-0.4, -0.2) is 35.5 Å². The van der Waals surface area contributed by atoms with Crippen LogP contribution < -0.4 is 5.32 Å². The third-order valence-corrected chi connectivity index (χ3v) is 3.71. The van der Waals surface area contributed by atoms with Gasteiger partial charge in [0.1, 0.15) is 5.69 Å². The molecule has 1 fully saturated rings. The van der Waals surface area contributed by atoms with Crippen molar-refractivity contribution in [2.45, 2.75) is 32.2 Å². The minimum atomic E-state index is -0.919. The number of hydrogen-bond acceptors (Lipinski definition) is 4. The number of rotatable bonds is 5. The molecule has 1 saturated heterocycles. The average molecular weight is 299 g/mol. The molecule has 0 atom stereocenters. The summed E-state index contributed by atoms with van der Waals surface area (Å²) in [5, 5.41) is 13.4. The highest BCUT2D eigenvalue weighted by atomic mass is 19.1. The van der Waals surface area contributed by atoms with Crippen LogP contribution in [0.15, 0.2) is 12.1 Å². The summed E-state index contributed by atoms with van der Waals surface area (Å²) in [5.74, 6) is -1.84. The minimum absolute atomic E-state index is 0.0106. The summed E-state index contributed by atoms with van der Waals surface area (Å²) in [5.41, 5.74) is -0.845. The Morgan fingerprint density at radius 1 is 1.33 bits per heavy atom. The summed E-state index contributed by atoms with van der Waals surface area (Å²) in [4.78, 5) is 12.1. The zero-order valence-corrected chi connectivity index (χ0v) is 11.9. The number of benzene rings is 1. The van der Waals surface area contributed by atoms with E-state index in [4.69, 9.17) is 0 Å². The van der Waals surface area contributed by atoms with E-state index in [0.29, 0.717) is 0 Å². The van der Waals surface area contributed by atoms with Gasteiger partial charge in [-0.15, -0.1) is 0 Å². The number of nitro groups is 1. The molecule has 1 aliphatic rings. The van der Waals surface area contributed by atoms with Gasteiger partial charge in [-0.25, -0.2) is 8.78 Å². The Labute approximate surface area is 122 Å². The van der Waals surface area contributed by atoms with E-state index in [1.807, 2.05) is 0 Å². The van der Waals surface area contributed by atoms with E-state index in [1.165, 1.54) is 0 Å². The van der Waals surface area contributed by atoms with Gasteiger partial charge in [0.05, 0.1) is 17.1 Å². The lowest BCUT2D eigenvalue weighted by atomic mass is 10.0. The van der Waals surface area contributed by atoms with E-state index in [0.717, 1.165) is 51.0 Å². The van der Waals surface area contributed by atoms with Crippen LogP contribution in [0, 0.1) is 21.7 Å². The van der Waals surface area contributed by atoms with Crippen LogP contribution in [0.2, 0.25) is 0 Å². The Kier molecular flexibility index (Phi) is 5.06. The van der Waals surface area contributed by atoms with Crippen molar-refractivity contribution in [2.75, 3.05) is 25.0 Å². The van der Waals surface area contributed by atoms with Gasteiger partial charge in [0, 0.05) is 19.1 Å². The molecule has 0 aromatic heterocycles. The molecule has 1 aromatic carbocycles. The Morgan fingerprint density at radius 3 is 2.38 bits per heavy atom. The number of nitrogens with zero attached hydrogens (tertiary/aromatic N) is 2. The largest absolute Gasteiger partial charge is 0.377 e. The first-order chi connectivity index (χ1) is 10.0. The molecule has 1 aliphatic heterocycles. The molecule has 5 nitrogen and oxygen atoms in total. The lowest BCUT2D eigenvalue weighted by Crippen LogP contribution is -2.39. The van der Waals surface area contributed by atoms with Crippen molar-refractivity contribution in [1.29, 1.82) is 0 Å². The van der Waals surface area contributed by atoms with Gasteiger partial charge in [0.15, 0.2) is 11.6 Å². The molecule has 0 bridgehead atoms. The van der Waals surface area contributed by atoms with Crippen molar-refractivity contribution in [3.63, 3.8) is 0 Å². The van der Waals surface area contributed by atoms with Crippen LogP contribution in [-0.2, 0) is 0 Å². The van der Waals surface area contributed by atoms with E-state index >= 15 is 0 Å². The summed E-state index contributed by atoms with van der Waals surface area (Å²) in [6, 6.07) is 1.48. The number of nitrogens with one attached hydrogen (secondary N) is 1. The molecule has 0 amide bonds. The molecule has 0 radical (unpaired) electrons. The molecule has 2 rings (SSSR count). The van der Waals surface area contributed by atoms with Gasteiger partial charge < -0.3 is 10.2 Å². The predicted octanol–water partition coefficient (Wildman–Crippen LogP) is 3.16. The van der Waals surface area contributed by atoms with Gasteiger partial charge in [-0.1, -0.05) is 6.92 Å². The molecule has 0 unspecified atom stereocenters. The fraction of sp³-hybridized carbons (Fsp3) is 0.571. The molecule has 1 N–H and O–H groups in total. The van der Waals surface area contributed by atoms with Gasteiger partial charge in [0.2, 0.25) is 0 Å². The van der Waals surface area contributed by atoms with Gasteiger partial charge in [-0.2, -0.15) is 0 Å². The second-order valence-corrected chi connectivity index (χ2v) is 5.30. The summed E-state index contributed by atoms with van der Waals surface area (Å²) in [6.45, 7) is 4.93. The first-order valence-corrected chi connectivity index (χ1v) is 7.13. The number of likely N-dealkylation sites (tertiary alicyclic amines) is 1. The summed E-state index contributed by atoms with van der Waals surface area (Å²) in [7, 11) is 0. The maximum atomic E-state index is 13.8. The van der Waals surface area contributed by atoms with Crippen molar-refractivity contribution < 1.29 is 13.7 Å². The van der Waals surface area contributed by atoms with Crippen molar-refractivity contribution in [2.24, 2.45) is 0 Å². The maximum absolute atomic E-state index is 13.8.